The van der Waals surface area contributed by atoms with Gasteiger partial charge in [-0.25, -0.2) is 0 Å². The second kappa shape index (κ2) is 13.6. The molecule has 6 heteroatoms. The minimum atomic E-state index is 0.711. The van der Waals surface area contributed by atoms with Gasteiger partial charge in [-0.2, -0.15) is 0 Å². The maximum atomic E-state index is 5.93. The van der Waals surface area contributed by atoms with Crippen LogP contribution in [0.4, 0.5) is 0 Å². The van der Waals surface area contributed by atoms with Gasteiger partial charge in [-0.05, 0) is 33.2 Å². The second-order valence-electron chi connectivity index (χ2n) is 8.41. The van der Waals surface area contributed by atoms with E-state index in [1.54, 1.807) is 0 Å². The standard InChI is InChI=1S/C27H37N3O3/c1-3-7-25-23(5-1)21-24-6-2-4-8-26(24)27(25)22-30-13-19-32-17-11-28-9-15-31-16-10-29-12-18-33-20-14-30/h1-8,21,28-29H,9-20,22H2. The predicted octanol–water partition coefficient (Wildman–Crippen LogP) is 3.04. The summed E-state index contributed by atoms with van der Waals surface area (Å²) in [5, 5.41) is 12.0. The van der Waals surface area contributed by atoms with E-state index >= 15 is 0 Å². The van der Waals surface area contributed by atoms with Crippen LogP contribution in [0.3, 0.4) is 0 Å². The summed E-state index contributed by atoms with van der Waals surface area (Å²) < 4.78 is 17.4. The summed E-state index contributed by atoms with van der Waals surface area (Å²) in [4.78, 5) is 2.46. The third-order valence-corrected chi connectivity index (χ3v) is 6.06. The molecule has 0 amide bonds. The normalized spacial score (nSPS) is 19.3. The molecule has 2 N–H and O–H groups in total. The first-order valence-electron chi connectivity index (χ1n) is 12.2. The van der Waals surface area contributed by atoms with E-state index in [1.807, 2.05) is 0 Å². The molecule has 3 aromatic rings. The molecule has 0 aromatic heterocycles. The van der Waals surface area contributed by atoms with E-state index in [0.29, 0.717) is 26.4 Å². The van der Waals surface area contributed by atoms with Crippen molar-refractivity contribution < 1.29 is 14.2 Å². The molecule has 3 aromatic carbocycles. The fraction of sp³-hybridized carbons (Fsp3) is 0.481. The lowest BCUT2D eigenvalue weighted by Crippen LogP contribution is -2.33. The van der Waals surface area contributed by atoms with Gasteiger partial charge in [0.25, 0.3) is 0 Å². The highest BCUT2D eigenvalue weighted by atomic mass is 16.5. The van der Waals surface area contributed by atoms with Crippen molar-refractivity contribution in [1.82, 2.24) is 15.5 Å². The first-order chi connectivity index (χ1) is 16.4. The molecule has 0 aliphatic carbocycles. The van der Waals surface area contributed by atoms with Gasteiger partial charge in [0.2, 0.25) is 0 Å². The fourth-order valence-corrected chi connectivity index (χ4v) is 4.29. The topological polar surface area (TPSA) is 55.0 Å². The van der Waals surface area contributed by atoms with E-state index in [1.165, 1.54) is 27.1 Å². The van der Waals surface area contributed by atoms with Crippen LogP contribution in [0.15, 0.2) is 54.6 Å². The smallest absolute Gasteiger partial charge is 0.0594 e. The molecule has 1 aliphatic rings. The van der Waals surface area contributed by atoms with Gasteiger partial charge in [0.1, 0.15) is 0 Å². The minimum absolute atomic E-state index is 0.711. The monoisotopic (exact) mass is 451 g/mol. The maximum absolute atomic E-state index is 5.93. The number of hydrogen-bond acceptors (Lipinski definition) is 6. The number of nitrogens with zero attached hydrogens (tertiary/aromatic N) is 1. The zero-order valence-corrected chi connectivity index (χ0v) is 19.6. The molecule has 0 radical (unpaired) electrons. The van der Waals surface area contributed by atoms with E-state index < -0.39 is 0 Å². The number of ether oxygens (including phenoxy) is 3. The van der Waals surface area contributed by atoms with Crippen molar-refractivity contribution in [1.29, 1.82) is 0 Å². The van der Waals surface area contributed by atoms with Crippen molar-refractivity contribution in [3.05, 3.63) is 60.2 Å². The van der Waals surface area contributed by atoms with Gasteiger partial charge < -0.3 is 24.8 Å². The van der Waals surface area contributed by atoms with Crippen LogP contribution in [-0.2, 0) is 20.8 Å². The average Bonchev–Trinajstić information content (AvgIpc) is 2.84. The SMILES string of the molecule is c1ccc2c(CN3CCOCCNCCOCCNCCOCC3)c3ccccc3cc2c1. The molecule has 4 rings (SSSR count). The van der Waals surface area contributed by atoms with Gasteiger partial charge in [-0.3, -0.25) is 4.90 Å². The lowest BCUT2D eigenvalue weighted by atomic mass is 9.96. The molecular formula is C27H37N3O3. The van der Waals surface area contributed by atoms with Gasteiger partial charge in [0.15, 0.2) is 0 Å². The maximum Gasteiger partial charge on any atom is 0.0594 e. The molecule has 0 spiro atoms. The van der Waals surface area contributed by atoms with E-state index in [0.717, 1.165) is 59.0 Å². The molecule has 0 atom stereocenters. The highest BCUT2D eigenvalue weighted by Crippen LogP contribution is 2.29. The molecule has 33 heavy (non-hydrogen) atoms. The first kappa shape index (κ1) is 24.1. The molecule has 1 heterocycles. The van der Waals surface area contributed by atoms with Crippen molar-refractivity contribution in [3.63, 3.8) is 0 Å². The Morgan fingerprint density at radius 2 is 1.06 bits per heavy atom. The third kappa shape index (κ3) is 7.47. The van der Waals surface area contributed by atoms with Gasteiger partial charge in [0, 0.05) is 45.8 Å². The van der Waals surface area contributed by atoms with E-state index in [9.17, 15) is 0 Å². The predicted molar refractivity (Wildman–Crippen MR) is 135 cm³/mol. The molecule has 1 fully saturated rings. The van der Waals surface area contributed by atoms with Crippen LogP contribution in [-0.4, -0.2) is 83.8 Å². The summed E-state index contributed by atoms with van der Waals surface area (Å²) in [5.41, 5.74) is 1.38. The van der Waals surface area contributed by atoms with Gasteiger partial charge in [-0.1, -0.05) is 48.5 Å². The van der Waals surface area contributed by atoms with Crippen LogP contribution in [0, 0.1) is 0 Å². The van der Waals surface area contributed by atoms with Crippen LogP contribution < -0.4 is 10.6 Å². The van der Waals surface area contributed by atoms with Crippen LogP contribution in [0.5, 0.6) is 0 Å². The largest absolute Gasteiger partial charge is 0.379 e. The summed E-state index contributed by atoms with van der Waals surface area (Å²) in [7, 11) is 0. The summed E-state index contributed by atoms with van der Waals surface area (Å²) >= 11 is 0. The van der Waals surface area contributed by atoms with Crippen molar-refractivity contribution in [2.45, 2.75) is 6.54 Å². The lowest BCUT2D eigenvalue weighted by Gasteiger charge is -2.24. The molecule has 1 saturated heterocycles. The van der Waals surface area contributed by atoms with Crippen molar-refractivity contribution in [2.75, 3.05) is 78.9 Å². The molecule has 0 saturated carbocycles. The molecule has 0 bridgehead atoms. The van der Waals surface area contributed by atoms with Crippen LogP contribution >= 0.6 is 0 Å². The lowest BCUT2D eigenvalue weighted by molar-refractivity contribution is 0.0700. The van der Waals surface area contributed by atoms with Gasteiger partial charge in [0.05, 0.1) is 39.6 Å². The second-order valence-corrected chi connectivity index (χ2v) is 8.41. The Hall–Kier alpha value is -2.06. The zero-order valence-electron chi connectivity index (χ0n) is 19.6. The summed E-state index contributed by atoms with van der Waals surface area (Å²) in [6, 6.07) is 19.7. The number of benzene rings is 3. The minimum Gasteiger partial charge on any atom is -0.379 e. The number of fused-ring (bicyclic) bond motifs is 2. The van der Waals surface area contributed by atoms with Crippen molar-refractivity contribution in [2.24, 2.45) is 0 Å². The Labute approximate surface area is 197 Å². The number of rotatable bonds is 2. The quantitative estimate of drug-likeness (QED) is 0.584. The van der Waals surface area contributed by atoms with Gasteiger partial charge in [-0.15, -0.1) is 0 Å². The Bertz CT molecular complexity index is 909. The molecule has 1 aliphatic heterocycles. The third-order valence-electron chi connectivity index (χ3n) is 6.06. The fourth-order valence-electron chi connectivity index (χ4n) is 4.29. The van der Waals surface area contributed by atoms with E-state index in [4.69, 9.17) is 14.2 Å². The van der Waals surface area contributed by atoms with Crippen molar-refractivity contribution in [3.8, 4) is 0 Å². The Morgan fingerprint density at radius 3 is 1.58 bits per heavy atom. The summed E-state index contributed by atoms with van der Waals surface area (Å²) in [6.45, 7) is 10.3. The van der Waals surface area contributed by atoms with E-state index in [2.05, 4.69) is 70.1 Å². The van der Waals surface area contributed by atoms with Crippen LogP contribution in [0.1, 0.15) is 5.56 Å². The Morgan fingerprint density at radius 1 is 0.606 bits per heavy atom. The van der Waals surface area contributed by atoms with E-state index in [-0.39, 0.29) is 0 Å². The first-order valence-corrected chi connectivity index (χ1v) is 12.2. The highest BCUT2D eigenvalue weighted by molar-refractivity contribution is 6.02. The molecule has 178 valence electrons. The highest BCUT2D eigenvalue weighted by Gasteiger charge is 2.13. The number of nitrogens with one attached hydrogen (secondary N) is 2. The van der Waals surface area contributed by atoms with Crippen LogP contribution in [0.2, 0.25) is 0 Å². The molecule has 6 nitrogen and oxygen atoms in total. The van der Waals surface area contributed by atoms with Crippen LogP contribution in [0.25, 0.3) is 21.5 Å². The Balaban J connectivity index is 1.46. The van der Waals surface area contributed by atoms with Gasteiger partial charge >= 0.3 is 0 Å². The van der Waals surface area contributed by atoms with Crippen molar-refractivity contribution >= 4 is 21.5 Å². The number of hydrogen-bond donors (Lipinski definition) is 2. The summed E-state index contributed by atoms with van der Waals surface area (Å²) in [5.74, 6) is 0. The molecular weight excluding hydrogens is 414 g/mol. The average molecular weight is 452 g/mol. The Kier molecular flexibility index (Phi) is 9.92. The zero-order chi connectivity index (χ0) is 22.6. The molecule has 0 unspecified atom stereocenters. The summed E-state index contributed by atoms with van der Waals surface area (Å²) in [6.07, 6.45) is 0.